The monoisotopic (exact) mass is 351 g/mol. The number of methoxy groups -OCH3 is 1. The minimum atomic E-state index is 0.681. The summed E-state index contributed by atoms with van der Waals surface area (Å²) in [6.45, 7) is 1.92. The van der Waals surface area contributed by atoms with Crippen molar-refractivity contribution in [3.05, 3.63) is 66.1 Å². The fourth-order valence-electron chi connectivity index (χ4n) is 2.70. The summed E-state index contributed by atoms with van der Waals surface area (Å²) >= 11 is 1.63. The smallest absolute Gasteiger partial charge is 0.174 e. The van der Waals surface area contributed by atoms with Crippen LogP contribution >= 0.6 is 11.8 Å². The molecule has 0 aliphatic rings. The third-order valence-corrected chi connectivity index (χ3v) is 4.84. The van der Waals surface area contributed by atoms with Gasteiger partial charge in [0.2, 0.25) is 0 Å². The molecule has 25 heavy (non-hydrogen) atoms. The molecule has 4 aromatic rings. The molecule has 2 aromatic heterocycles. The zero-order valence-electron chi connectivity index (χ0n) is 14.0. The third kappa shape index (κ3) is 3.13. The molecule has 0 spiro atoms. The molecule has 0 fully saturated rings. The fourth-order valence-corrected chi connectivity index (χ4v) is 3.60. The lowest BCUT2D eigenvalue weighted by Gasteiger charge is -2.09. The molecular formula is C19H17N3O2S. The van der Waals surface area contributed by atoms with Crippen molar-refractivity contribution in [2.45, 2.75) is 17.8 Å². The average molecular weight is 351 g/mol. The number of benzene rings is 2. The van der Waals surface area contributed by atoms with E-state index >= 15 is 0 Å². The van der Waals surface area contributed by atoms with E-state index in [2.05, 4.69) is 15.8 Å². The van der Waals surface area contributed by atoms with Crippen LogP contribution in [0.15, 0.2) is 64.3 Å². The number of imidazole rings is 1. The maximum Gasteiger partial charge on any atom is 0.174 e. The Labute approximate surface area is 149 Å². The lowest BCUT2D eigenvalue weighted by Crippen LogP contribution is -1.96. The maximum absolute atomic E-state index is 5.31. The van der Waals surface area contributed by atoms with Crippen LogP contribution in [0.1, 0.15) is 11.5 Å². The van der Waals surface area contributed by atoms with E-state index in [0.29, 0.717) is 5.75 Å². The van der Waals surface area contributed by atoms with Gasteiger partial charge in [0, 0.05) is 11.8 Å². The Balaban J connectivity index is 1.74. The van der Waals surface area contributed by atoms with E-state index in [0.717, 1.165) is 39.1 Å². The molecule has 0 radical (unpaired) electrons. The summed E-state index contributed by atoms with van der Waals surface area (Å²) in [5.41, 5.74) is 3.98. The molecule has 6 heteroatoms. The predicted octanol–water partition coefficient (Wildman–Crippen LogP) is 4.62. The Morgan fingerprint density at radius 3 is 2.64 bits per heavy atom. The summed E-state index contributed by atoms with van der Waals surface area (Å²) < 4.78 is 12.7. The Bertz CT molecular complexity index is 1010. The number of nitrogens with zero attached hydrogens (tertiary/aromatic N) is 3. The van der Waals surface area contributed by atoms with Gasteiger partial charge in [-0.25, -0.2) is 4.98 Å². The molecule has 0 atom stereocenters. The summed E-state index contributed by atoms with van der Waals surface area (Å²) in [6.07, 6.45) is 0. The van der Waals surface area contributed by atoms with Gasteiger partial charge in [0.05, 0.1) is 29.6 Å². The minimum Gasteiger partial charge on any atom is -0.497 e. The molecule has 0 unspecified atom stereocenters. The Morgan fingerprint density at radius 2 is 1.92 bits per heavy atom. The third-order valence-electron chi connectivity index (χ3n) is 3.88. The van der Waals surface area contributed by atoms with Crippen molar-refractivity contribution in [3.8, 4) is 11.4 Å². The van der Waals surface area contributed by atoms with Gasteiger partial charge in [0.1, 0.15) is 11.5 Å². The molecule has 0 N–H and O–H groups in total. The van der Waals surface area contributed by atoms with E-state index in [9.17, 15) is 0 Å². The van der Waals surface area contributed by atoms with Crippen molar-refractivity contribution in [2.75, 3.05) is 7.11 Å². The lowest BCUT2D eigenvalue weighted by atomic mass is 10.2. The molecule has 0 bridgehead atoms. The van der Waals surface area contributed by atoms with Gasteiger partial charge in [0.15, 0.2) is 5.16 Å². The number of ether oxygens (including phenoxy) is 1. The lowest BCUT2D eigenvalue weighted by molar-refractivity contribution is 0.391. The topological polar surface area (TPSA) is 53.1 Å². The highest BCUT2D eigenvalue weighted by atomic mass is 32.2. The molecule has 4 rings (SSSR count). The van der Waals surface area contributed by atoms with Crippen molar-refractivity contribution < 1.29 is 9.26 Å². The Morgan fingerprint density at radius 1 is 1.12 bits per heavy atom. The van der Waals surface area contributed by atoms with Crippen molar-refractivity contribution in [1.29, 1.82) is 0 Å². The highest BCUT2D eigenvalue weighted by Crippen LogP contribution is 2.30. The van der Waals surface area contributed by atoms with Crippen LogP contribution in [0, 0.1) is 6.92 Å². The van der Waals surface area contributed by atoms with Crippen molar-refractivity contribution in [1.82, 2.24) is 14.7 Å². The number of fused-ring (bicyclic) bond motifs is 1. The van der Waals surface area contributed by atoms with Crippen LogP contribution in [-0.4, -0.2) is 21.8 Å². The molecule has 2 heterocycles. The largest absolute Gasteiger partial charge is 0.497 e. The molecule has 5 nitrogen and oxygen atoms in total. The normalized spacial score (nSPS) is 11.1. The number of para-hydroxylation sites is 2. The van der Waals surface area contributed by atoms with Crippen LogP contribution in [0.5, 0.6) is 5.75 Å². The first kappa shape index (κ1) is 15.8. The van der Waals surface area contributed by atoms with E-state index in [1.54, 1.807) is 18.9 Å². The SMILES string of the molecule is COc1ccc(-n2c(SCc3cc(C)no3)nc3ccccc32)cc1. The first-order valence-corrected chi connectivity index (χ1v) is 8.90. The molecule has 0 amide bonds. The summed E-state index contributed by atoms with van der Waals surface area (Å²) in [4.78, 5) is 4.79. The van der Waals surface area contributed by atoms with Gasteiger partial charge in [0.25, 0.3) is 0 Å². The van der Waals surface area contributed by atoms with Crippen LogP contribution in [-0.2, 0) is 5.75 Å². The summed E-state index contributed by atoms with van der Waals surface area (Å²) in [7, 11) is 1.67. The van der Waals surface area contributed by atoms with Gasteiger partial charge >= 0.3 is 0 Å². The second-order valence-corrected chi connectivity index (χ2v) is 6.58. The van der Waals surface area contributed by atoms with Crippen LogP contribution in [0.25, 0.3) is 16.7 Å². The van der Waals surface area contributed by atoms with E-state index in [-0.39, 0.29) is 0 Å². The molecule has 2 aromatic carbocycles. The highest BCUT2D eigenvalue weighted by Gasteiger charge is 2.14. The van der Waals surface area contributed by atoms with Gasteiger partial charge in [-0.15, -0.1) is 0 Å². The van der Waals surface area contributed by atoms with Crippen molar-refractivity contribution in [2.24, 2.45) is 0 Å². The Hall–Kier alpha value is -2.73. The zero-order chi connectivity index (χ0) is 17.2. The summed E-state index contributed by atoms with van der Waals surface area (Å²) in [5.74, 6) is 2.36. The molecular weight excluding hydrogens is 334 g/mol. The van der Waals surface area contributed by atoms with Crippen LogP contribution in [0.4, 0.5) is 0 Å². The molecule has 0 aliphatic heterocycles. The summed E-state index contributed by atoms with van der Waals surface area (Å²) in [6, 6.07) is 18.1. The minimum absolute atomic E-state index is 0.681. The van der Waals surface area contributed by atoms with E-state index in [1.165, 1.54) is 0 Å². The van der Waals surface area contributed by atoms with Crippen molar-refractivity contribution >= 4 is 22.8 Å². The van der Waals surface area contributed by atoms with Crippen LogP contribution < -0.4 is 4.74 Å². The number of aromatic nitrogens is 3. The number of hydrogen-bond acceptors (Lipinski definition) is 5. The first-order valence-electron chi connectivity index (χ1n) is 7.91. The molecule has 126 valence electrons. The Kier molecular flexibility index (Phi) is 4.19. The van der Waals surface area contributed by atoms with Crippen LogP contribution in [0.2, 0.25) is 0 Å². The molecule has 0 saturated carbocycles. The quantitative estimate of drug-likeness (QED) is 0.491. The summed E-state index contributed by atoms with van der Waals surface area (Å²) in [5, 5.41) is 4.86. The fraction of sp³-hybridized carbons (Fsp3) is 0.158. The van der Waals surface area contributed by atoms with E-state index in [1.807, 2.05) is 55.5 Å². The van der Waals surface area contributed by atoms with Gasteiger partial charge in [-0.3, -0.25) is 4.57 Å². The standard InChI is InChI=1S/C19H17N3O2S/c1-13-11-16(24-21-13)12-25-19-20-17-5-3-4-6-18(17)22(19)14-7-9-15(23-2)10-8-14/h3-11H,12H2,1-2H3. The molecule has 0 aliphatic carbocycles. The number of aryl methyl sites for hydroxylation is 1. The predicted molar refractivity (Wildman–Crippen MR) is 98.4 cm³/mol. The first-order chi connectivity index (χ1) is 12.2. The zero-order valence-corrected chi connectivity index (χ0v) is 14.8. The van der Waals surface area contributed by atoms with E-state index in [4.69, 9.17) is 14.2 Å². The van der Waals surface area contributed by atoms with Gasteiger partial charge in [-0.05, 0) is 43.3 Å². The number of rotatable bonds is 5. The average Bonchev–Trinajstić information content (AvgIpc) is 3.23. The number of hydrogen-bond donors (Lipinski definition) is 0. The highest BCUT2D eigenvalue weighted by molar-refractivity contribution is 7.98. The molecule has 0 saturated heterocycles. The second-order valence-electron chi connectivity index (χ2n) is 5.64. The maximum atomic E-state index is 5.31. The van der Waals surface area contributed by atoms with Gasteiger partial charge < -0.3 is 9.26 Å². The van der Waals surface area contributed by atoms with Gasteiger partial charge in [-0.2, -0.15) is 0 Å². The van der Waals surface area contributed by atoms with Crippen molar-refractivity contribution in [3.63, 3.8) is 0 Å². The van der Waals surface area contributed by atoms with Crippen LogP contribution in [0.3, 0.4) is 0 Å². The van der Waals surface area contributed by atoms with Gasteiger partial charge in [-0.1, -0.05) is 29.1 Å². The number of thioether (sulfide) groups is 1. The van der Waals surface area contributed by atoms with E-state index < -0.39 is 0 Å². The second kappa shape index (κ2) is 6.64.